The van der Waals surface area contributed by atoms with Crippen molar-refractivity contribution in [2.24, 2.45) is 0 Å². The molecule has 16 nitrogen and oxygen atoms in total. The number of sulfonamides is 1. The van der Waals surface area contributed by atoms with Crippen LogP contribution in [0.3, 0.4) is 0 Å². The molecule has 0 aliphatic carbocycles. The van der Waals surface area contributed by atoms with Crippen molar-refractivity contribution in [3.05, 3.63) is 0 Å². The smallest absolute Gasteiger partial charge is 0.317 e. The molecule has 1 atom stereocenters. The van der Waals surface area contributed by atoms with E-state index in [9.17, 15) is 53.4 Å². The van der Waals surface area contributed by atoms with Gasteiger partial charge in [0.2, 0.25) is 10.0 Å². The Labute approximate surface area is 222 Å². The lowest BCUT2D eigenvalue weighted by Gasteiger charge is -2.34. The summed E-state index contributed by atoms with van der Waals surface area (Å²) in [5.41, 5.74) is 0. The van der Waals surface area contributed by atoms with Gasteiger partial charge >= 0.3 is 17.9 Å². The number of aliphatic hydroxyl groups is 3. The summed E-state index contributed by atoms with van der Waals surface area (Å²) in [7, 11) is -3.87. The molecule has 1 rings (SSSR count). The molecule has 6 N–H and O–H groups in total. The Morgan fingerprint density at radius 2 is 1.03 bits per heavy atom. The molecular weight excluding hydrogens is 530 g/mol. The Kier molecular flexibility index (Phi) is 15.1. The first-order chi connectivity index (χ1) is 17.7. The van der Waals surface area contributed by atoms with Crippen LogP contribution in [-0.4, -0.2) is 198 Å². The molecule has 0 radical (unpaired) electrons. The van der Waals surface area contributed by atoms with Gasteiger partial charge < -0.3 is 30.6 Å². The van der Waals surface area contributed by atoms with Crippen LogP contribution in [0.4, 0.5) is 0 Å². The highest BCUT2D eigenvalue weighted by Gasteiger charge is 2.29. The maximum Gasteiger partial charge on any atom is 0.317 e. The summed E-state index contributed by atoms with van der Waals surface area (Å²) in [4.78, 5) is 40.7. The van der Waals surface area contributed by atoms with Crippen molar-refractivity contribution in [3.8, 4) is 0 Å². The van der Waals surface area contributed by atoms with Crippen LogP contribution in [0.25, 0.3) is 0 Å². The molecule has 1 aliphatic rings. The minimum absolute atomic E-state index is 0.0391. The van der Waals surface area contributed by atoms with Crippen LogP contribution < -0.4 is 0 Å². The quantitative estimate of drug-likeness (QED) is 0.115. The van der Waals surface area contributed by atoms with Crippen molar-refractivity contribution in [3.63, 3.8) is 0 Å². The number of hydrogen-bond acceptors (Lipinski definition) is 12. The van der Waals surface area contributed by atoms with E-state index in [0.717, 1.165) is 10.6 Å². The first-order valence-electron chi connectivity index (χ1n) is 12.2. The van der Waals surface area contributed by atoms with Gasteiger partial charge in [0.15, 0.2) is 0 Å². The molecule has 0 amide bonds. The van der Waals surface area contributed by atoms with Crippen LogP contribution in [-0.2, 0) is 24.4 Å². The summed E-state index contributed by atoms with van der Waals surface area (Å²) in [6.07, 6.45) is -0.333. The Morgan fingerprint density at radius 3 is 1.29 bits per heavy atom. The van der Waals surface area contributed by atoms with E-state index in [1.165, 1.54) is 0 Å². The third-order valence-corrected chi connectivity index (χ3v) is 7.42. The Balaban J connectivity index is 3.07. The second kappa shape index (κ2) is 16.9. The second-order valence-corrected chi connectivity index (χ2v) is 11.3. The molecule has 17 heteroatoms. The van der Waals surface area contributed by atoms with E-state index in [1.807, 2.05) is 0 Å². The minimum atomic E-state index is -3.87. The average Bonchev–Trinajstić information content (AvgIpc) is 2.79. The fourth-order valence-electron chi connectivity index (χ4n) is 4.17. The Hall–Kier alpha value is -1.96. The molecule has 38 heavy (non-hydrogen) atoms. The number of aliphatic hydroxyl groups excluding tert-OH is 3. The first kappa shape index (κ1) is 34.1. The molecule has 1 aliphatic heterocycles. The molecule has 1 heterocycles. The zero-order chi connectivity index (χ0) is 28.9. The third kappa shape index (κ3) is 13.7. The predicted octanol–water partition coefficient (Wildman–Crippen LogP) is -4.56. The van der Waals surface area contributed by atoms with Crippen molar-refractivity contribution < 1.29 is 53.4 Å². The van der Waals surface area contributed by atoms with Gasteiger partial charge in [0.1, 0.15) is 0 Å². The maximum absolute atomic E-state index is 12.2. The maximum atomic E-state index is 12.2. The van der Waals surface area contributed by atoms with E-state index in [0.29, 0.717) is 0 Å². The summed E-state index contributed by atoms with van der Waals surface area (Å²) in [5, 5.41) is 57.4. The molecule has 0 bridgehead atoms. The molecule has 0 spiro atoms. The zero-order valence-electron chi connectivity index (χ0n) is 21.6. The molecule has 1 unspecified atom stereocenters. The number of hydrogen-bond donors (Lipinski definition) is 6. The number of rotatable bonds is 14. The molecule has 0 saturated carbocycles. The van der Waals surface area contributed by atoms with Crippen molar-refractivity contribution >= 4 is 27.9 Å². The topological polar surface area (TPSA) is 223 Å². The molecule has 0 aromatic heterocycles. The van der Waals surface area contributed by atoms with E-state index in [4.69, 9.17) is 0 Å². The monoisotopic (exact) mass is 571 g/mol. The number of aliphatic carboxylic acids is 3. The Bertz CT molecular complexity index is 826. The van der Waals surface area contributed by atoms with E-state index < -0.39 is 59.8 Å². The summed E-state index contributed by atoms with van der Waals surface area (Å²) in [6, 6.07) is -1.13. The largest absolute Gasteiger partial charge is 0.480 e. The van der Waals surface area contributed by atoms with Gasteiger partial charge in [-0.05, 0) is 0 Å². The van der Waals surface area contributed by atoms with E-state index >= 15 is 0 Å². The van der Waals surface area contributed by atoms with E-state index in [2.05, 4.69) is 0 Å². The van der Waals surface area contributed by atoms with Gasteiger partial charge in [-0.15, -0.1) is 0 Å². The van der Waals surface area contributed by atoms with Gasteiger partial charge in [-0.2, -0.15) is 4.31 Å². The number of carboxylic acids is 3. The molecule has 1 fully saturated rings. The first-order valence-corrected chi connectivity index (χ1v) is 14.0. The number of carboxylic acid groups (broad SMARTS) is 3. The lowest BCUT2D eigenvalue weighted by Crippen LogP contribution is -2.52. The average molecular weight is 572 g/mol. The number of β-amino-alcohol motifs (C(OH)–C–C–N with tert-alkyl or cyclic N) is 1. The highest BCUT2D eigenvalue weighted by Crippen LogP contribution is 2.09. The lowest BCUT2D eigenvalue weighted by atomic mass is 10.2. The molecule has 0 aromatic rings. The number of nitrogens with zero attached hydrogens (tertiary/aromatic N) is 5. The molecule has 0 aromatic carbocycles. The summed E-state index contributed by atoms with van der Waals surface area (Å²) < 4.78 is 25.2. The number of carbonyl (C=O) groups is 3. The summed E-state index contributed by atoms with van der Waals surface area (Å²) in [5.74, 6) is -3.19. The lowest BCUT2D eigenvalue weighted by molar-refractivity contribution is -0.140. The van der Waals surface area contributed by atoms with Gasteiger partial charge in [0.05, 0.1) is 51.2 Å². The Morgan fingerprint density at radius 1 is 0.711 bits per heavy atom. The van der Waals surface area contributed by atoms with E-state index in [1.54, 1.807) is 19.6 Å². The summed E-state index contributed by atoms with van der Waals surface area (Å²) >= 11 is 0. The van der Waals surface area contributed by atoms with Gasteiger partial charge in [-0.3, -0.25) is 34.0 Å². The van der Waals surface area contributed by atoms with Crippen LogP contribution in [0, 0.1) is 0 Å². The van der Waals surface area contributed by atoms with Gasteiger partial charge in [-0.25, -0.2) is 8.42 Å². The zero-order valence-corrected chi connectivity index (χ0v) is 22.4. The van der Waals surface area contributed by atoms with Crippen molar-refractivity contribution in [1.29, 1.82) is 0 Å². The van der Waals surface area contributed by atoms with Crippen LogP contribution in [0.2, 0.25) is 0 Å². The highest BCUT2D eigenvalue weighted by atomic mass is 32.2. The normalized spacial score (nSPS) is 19.2. The molecule has 1 saturated heterocycles. The summed E-state index contributed by atoms with van der Waals surface area (Å²) in [6.45, 7) is -0.624. The van der Waals surface area contributed by atoms with Crippen molar-refractivity contribution in [2.45, 2.75) is 12.1 Å². The van der Waals surface area contributed by atoms with Crippen LogP contribution in [0.15, 0.2) is 0 Å². The highest BCUT2D eigenvalue weighted by molar-refractivity contribution is 7.88. The van der Waals surface area contributed by atoms with Crippen LogP contribution in [0.5, 0.6) is 0 Å². The fourth-order valence-corrected chi connectivity index (χ4v) is 5.29. The third-order valence-electron chi connectivity index (χ3n) is 6.12. The van der Waals surface area contributed by atoms with Gasteiger partial charge in [0, 0.05) is 65.4 Å². The second-order valence-electron chi connectivity index (χ2n) is 9.32. The van der Waals surface area contributed by atoms with Crippen LogP contribution >= 0.6 is 0 Å². The predicted molar refractivity (Wildman–Crippen MR) is 134 cm³/mol. The molecule has 222 valence electrons. The van der Waals surface area contributed by atoms with Crippen molar-refractivity contribution in [1.82, 2.24) is 23.9 Å². The van der Waals surface area contributed by atoms with Gasteiger partial charge in [-0.1, -0.05) is 0 Å². The molecular formula is C21H41N5O11S. The minimum Gasteiger partial charge on any atom is -0.480 e. The van der Waals surface area contributed by atoms with E-state index in [-0.39, 0.29) is 78.5 Å². The van der Waals surface area contributed by atoms with Crippen LogP contribution in [0.1, 0.15) is 0 Å². The van der Waals surface area contributed by atoms with Crippen molar-refractivity contribution in [2.75, 3.05) is 105 Å². The fraction of sp³-hybridized carbons (Fsp3) is 0.857. The standard InChI is InChI=1S/C21H41N5O11S/c1-38(36,37)26(17(15-27)16-28)11-18(29)10-22-2-4-23(12-19(30)31)6-8-25(14-21(34)35)9-7-24(5-3-22)13-20(32)33/h17-18,27-29H,2-16H2,1H3,(H,30,31)(H,32,33)(H,34,35). The van der Waals surface area contributed by atoms with Gasteiger partial charge in [0.25, 0.3) is 0 Å². The SMILES string of the molecule is CS(=O)(=O)N(CC(O)CN1CCN(CC(=O)O)CCN(CC(=O)O)CCN(CC(=O)O)CC1)C(CO)CO.